The highest BCUT2D eigenvalue weighted by Crippen LogP contribution is 2.28. The maximum absolute atomic E-state index is 12.8. The van der Waals surface area contributed by atoms with Crippen molar-refractivity contribution in [2.75, 3.05) is 13.7 Å². The maximum Gasteiger partial charge on any atom is 0.243 e. The molecule has 2 rings (SSSR count). The highest BCUT2D eigenvalue weighted by Gasteiger charge is 2.25. The van der Waals surface area contributed by atoms with Gasteiger partial charge in [-0.1, -0.05) is 5.16 Å². The molecule has 23 heavy (non-hydrogen) atoms. The van der Waals surface area contributed by atoms with E-state index < -0.39 is 10.0 Å². The number of hydrogen-bond donors (Lipinski definition) is 0. The fourth-order valence-corrected chi connectivity index (χ4v) is 3.76. The van der Waals surface area contributed by atoms with Gasteiger partial charge in [0.2, 0.25) is 10.0 Å². The summed E-state index contributed by atoms with van der Waals surface area (Å²) in [5.41, 5.74) is 2.03. The number of hydrogen-bond acceptors (Lipinski definition) is 5. The van der Waals surface area contributed by atoms with Gasteiger partial charge >= 0.3 is 0 Å². The summed E-state index contributed by atoms with van der Waals surface area (Å²) in [6.07, 6.45) is 0. The first kappa shape index (κ1) is 17.5. The van der Waals surface area contributed by atoms with Crippen LogP contribution in [0.4, 0.5) is 0 Å². The van der Waals surface area contributed by atoms with E-state index in [0.717, 1.165) is 5.56 Å². The molecular formula is C16H22N2O4S. The van der Waals surface area contributed by atoms with E-state index in [1.165, 1.54) is 11.4 Å². The third kappa shape index (κ3) is 3.73. The minimum atomic E-state index is -3.62. The van der Waals surface area contributed by atoms with Gasteiger partial charge in [0.15, 0.2) is 0 Å². The maximum atomic E-state index is 12.8. The molecule has 1 aromatic heterocycles. The van der Waals surface area contributed by atoms with Gasteiger partial charge in [-0.25, -0.2) is 8.42 Å². The predicted octanol–water partition coefficient (Wildman–Crippen LogP) is 2.82. The first-order valence-corrected chi connectivity index (χ1v) is 8.82. The number of sulfonamides is 1. The molecule has 0 saturated heterocycles. The topological polar surface area (TPSA) is 72.6 Å². The summed E-state index contributed by atoms with van der Waals surface area (Å²) < 4.78 is 37.4. The SMILES string of the molecule is CCOc1cc(C)c(S(=O)(=O)N(C)Cc2cc(C)on2)cc1C. The van der Waals surface area contributed by atoms with E-state index >= 15 is 0 Å². The van der Waals surface area contributed by atoms with E-state index in [4.69, 9.17) is 9.26 Å². The summed E-state index contributed by atoms with van der Waals surface area (Å²) in [7, 11) is -2.08. The van der Waals surface area contributed by atoms with E-state index in [1.807, 2.05) is 13.8 Å². The average molecular weight is 338 g/mol. The summed E-state index contributed by atoms with van der Waals surface area (Å²) in [5, 5.41) is 3.84. The minimum absolute atomic E-state index is 0.158. The van der Waals surface area contributed by atoms with Gasteiger partial charge in [0, 0.05) is 13.1 Å². The van der Waals surface area contributed by atoms with Crippen LogP contribution in [0.25, 0.3) is 0 Å². The molecule has 0 radical (unpaired) electrons. The second-order valence-electron chi connectivity index (χ2n) is 5.51. The number of benzene rings is 1. The first-order chi connectivity index (χ1) is 10.8. The molecule has 0 fully saturated rings. The Bertz CT molecular complexity index is 796. The second kappa shape index (κ2) is 6.72. The fraction of sp³-hybridized carbons (Fsp3) is 0.438. The Labute approximate surface area is 137 Å². The van der Waals surface area contributed by atoms with Crippen LogP contribution < -0.4 is 4.74 Å². The van der Waals surface area contributed by atoms with E-state index in [2.05, 4.69) is 5.16 Å². The number of nitrogens with zero attached hydrogens (tertiary/aromatic N) is 2. The van der Waals surface area contributed by atoms with Gasteiger partial charge in [-0.15, -0.1) is 0 Å². The average Bonchev–Trinajstić information content (AvgIpc) is 2.87. The van der Waals surface area contributed by atoms with Crippen molar-refractivity contribution < 1.29 is 17.7 Å². The van der Waals surface area contributed by atoms with Gasteiger partial charge in [-0.3, -0.25) is 0 Å². The summed E-state index contributed by atoms with van der Waals surface area (Å²) in [6.45, 7) is 7.97. The van der Waals surface area contributed by atoms with Crippen LogP contribution in [0.2, 0.25) is 0 Å². The van der Waals surface area contributed by atoms with Crippen molar-refractivity contribution in [3.8, 4) is 5.75 Å². The van der Waals surface area contributed by atoms with Crippen molar-refractivity contribution >= 4 is 10.0 Å². The van der Waals surface area contributed by atoms with Crippen LogP contribution >= 0.6 is 0 Å². The Balaban J connectivity index is 2.33. The molecule has 0 aliphatic rings. The van der Waals surface area contributed by atoms with Crippen molar-refractivity contribution in [3.05, 3.63) is 40.8 Å². The van der Waals surface area contributed by atoms with Crippen LogP contribution in [-0.2, 0) is 16.6 Å². The highest BCUT2D eigenvalue weighted by atomic mass is 32.2. The van der Waals surface area contributed by atoms with E-state index in [9.17, 15) is 8.42 Å². The molecule has 1 heterocycles. The van der Waals surface area contributed by atoms with Crippen molar-refractivity contribution in [1.82, 2.24) is 9.46 Å². The lowest BCUT2D eigenvalue weighted by Crippen LogP contribution is -2.27. The lowest BCUT2D eigenvalue weighted by Gasteiger charge is -2.19. The Morgan fingerprint density at radius 1 is 1.17 bits per heavy atom. The molecule has 2 aromatic rings. The van der Waals surface area contributed by atoms with Gasteiger partial charge in [-0.05, 0) is 51.0 Å². The molecule has 0 bridgehead atoms. The lowest BCUT2D eigenvalue weighted by atomic mass is 10.1. The molecule has 0 spiro atoms. The van der Waals surface area contributed by atoms with Gasteiger partial charge in [0.25, 0.3) is 0 Å². The predicted molar refractivity (Wildman–Crippen MR) is 87.0 cm³/mol. The zero-order valence-corrected chi connectivity index (χ0v) is 14.9. The van der Waals surface area contributed by atoms with Gasteiger partial charge in [0.1, 0.15) is 11.5 Å². The third-order valence-corrected chi connectivity index (χ3v) is 5.47. The van der Waals surface area contributed by atoms with Crippen LogP contribution in [0.5, 0.6) is 5.75 Å². The van der Waals surface area contributed by atoms with Crippen LogP contribution in [0.1, 0.15) is 29.5 Å². The van der Waals surface area contributed by atoms with Crippen molar-refractivity contribution in [2.24, 2.45) is 0 Å². The minimum Gasteiger partial charge on any atom is -0.494 e. The molecule has 0 saturated carbocycles. The second-order valence-corrected chi connectivity index (χ2v) is 7.52. The van der Waals surface area contributed by atoms with Crippen LogP contribution in [0.15, 0.2) is 27.6 Å². The van der Waals surface area contributed by atoms with Gasteiger partial charge in [0.05, 0.1) is 23.7 Å². The smallest absolute Gasteiger partial charge is 0.243 e. The van der Waals surface area contributed by atoms with Crippen LogP contribution in [0, 0.1) is 20.8 Å². The third-order valence-electron chi connectivity index (χ3n) is 3.52. The molecule has 0 aliphatic carbocycles. The van der Waals surface area contributed by atoms with Crippen LogP contribution in [0.3, 0.4) is 0 Å². The molecule has 7 heteroatoms. The zero-order valence-electron chi connectivity index (χ0n) is 14.1. The summed E-state index contributed by atoms with van der Waals surface area (Å²) in [4.78, 5) is 0.279. The van der Waals surface area contributed by atoms with Crippen LogP contribution in [-0.4, -0.2) is 31.5 Å². The van der Waals surface area contributed by atoms with Crippen molar-refractivity contribution in [2.45, 2.75) is 39.1 Å². The summed E-state index contributed by atoms with van der Waals surface area (Å²) in [6, 6.07) is 5.14. The standard InChI is InChI=1S/C16H22N2O4S/c1-6-21-15-7-12(3)16(8-11(15)2)23(19,20)18(5)10-14-9-13(4)22-17-14/h7-9H,6,10H2,1-5H3. The van der Waals surface area contributed by atoms with E-state index in [-0.39, 0.29) is 11.4 Å². The molecular weight excluding hydrogens is 316 g/mol. The Morgan fingerprint density at radius 2 is 1.87 bits per heavy atom. The van der Waals surface area contributed by atoms with E-state index in [0.29, 0.717) is 29.4 Å². The van der Waals surface area contributed by atoms with Crippen molar-refractivity contribution in [1.29, 1.82) is 0 Å². The number of ether oxygens (including phenoxy) is 1. The molecule has 0 atom stereocenters. The van der Waals surface area contributed by atoms with E-state index in [1.54, 1.807) is 32.0 Å². The highest BCUT2D eigenvalue weighted by molar-refractivity contribution is 7.89. The molecule has 0 unspecified atom stereocenters. The first-order valence-electron chi connectivity index (χ1n) is 7.38. The quantitative estimate of drug-likeness (QED) is 0.810. The normalized spacial score (nSPS) is 11.9. The molecule has 0 aliphatic heterocycles. The summed E-state index contributed by atoms with van der Waals surface area (Å²) >= 11 is 0. The monoisotopic (exact) mass is 338 g/mol. The summed E-state index contributed by atoms with van der Waals surface area (Å²) in [5.74, 6) is 1.36. The van der Waals surface area contributed by atoms with Crippen molar-refractivity contribution in [3.63, 3.8) is 0 Å². The molecule has 0 N–H and O–H groups in total. The van der Waals surface area contributed by atoms with Gasteiger partial charge in [-0.2, -0.15) is 4.31 Å². The number of rotatable bonds is 6. The van der Waals surface area contributed by atoms with Gasteiger partial charge < -0.3 is 9.26 Å². The molecule has 6 nitrogen and oxygen atoms in total. The number of aryl methyl sites for hydroxylation is 3. The molecule has 0 amide bonds. The zero-order chi connectivity index (χ0) is 17.2. The number of aromatic nitrogens is 1. The Hall–Kier alpha value is -1.86. The molecule has 126 valence electrons. The lowest BCUT2D eigenvalue weighted by molar-refractivity contribution is 0.337. The molecule has 1 aromatic carbocycles. The largest absolute Gasteiger partial charge is 0.494 e. The Kier molecular flexibility index (Phi) is 5.11. The Morgan fingerprint density at radius 3 is 2.43 bits per heavy atom. The fourth-order valence-electron chi connectivity index (χ4n) is 2.33.